The Kier molecular flexibility index (Phi) is 36.8. The minimum Gasteiger partial charge on any atom is -0.550 e. The molecule has 0 aliphatic rings. The van der Waals surface area contributed by atoms with Gasteiger partial charge >= 0.3 is 52.4 Å². The molecule has 38 heavy (non-hydrogen) atoms. The van der Waals surface area contributed by atoms with Crippen molar-refractivity contribution in [1.29, 1.82) is 0 Å². The van der Waals surface area contributed by atoms with Crippen molar-refractivity contribution in [3.8, 4) is 0 Å². The monoisotopic (exact) mass is 934 g/mol. The fourth-order valence-electron chi connectivity index (χ4n) is 2.51. The predicted molar refractivity (Wildman–Crippen MR) is 124 cm³/mol. The van der Waals surface area contributed by atoms with Gasteiger partial charge in [0.1, 0.15) is 0 Å². The summed E-state index contributed by atoms with van der Waals surface area (Å²) in [5, 5.41) is 60.4. The Bertz CT molecular complexity index is 595. The van der Waals surface area contributed by atoms with E-state index in [4.69, 9.17) is 0 Å². The molecule has 14 heteroatoms. The quantitative estimate of drug-likeness (QED) is 0.0931. The Labute approximate surface area is 261 Å². The number of hydrogen-bond acceptors (Lipinski definition) is 12. The van der Waals surface area contributed by atoms with Gasteiger partial charge in [-0.1, -0.05) is 40.0 Å². The summed E-state index contributed by atoms with van der Waals surface area (Å²) in [6.07, 6.45) is 4.58. The molecule has 0 aromatic heterocycles. The maximum absolute atomic E-state index is 10.2. The van der Waals surface area contributed by atoms with Crippen molar-refractivity contribution in [1.82, 2.24) is 0 Å². The number of carbonyl (C=O) groups excluding carboxylic acids is 6. The van der Waals surface area contributed by atoms with Crippen molar-refractivity contribution >= 4 is 88.2 Å². The average molecular weight is 935 g/mol. The number of hydrogen-bond donors (Lipinski definition) is 0. The van der Waals surface area contributed by atoms with E-state index in [1.54, 1.807) is 20.8 Å². The summed E-state index contributed by atoms with van der Waals surface area (Å²) < 4.78 is 0. The standard InChI is InChI=1S/3C8H14O4.2Bi/c3*1-6(8(11)12)4-2-3-5-7(9)10;;/h3*6H,2-5H2,1H3,(H,9,10)(H,11,12);;/q;;;2*+3/p-6. The van der Waals surface area contributed by atoms with Crippen LogP contribution in [0.2, 0.25) is 0 Å². The van der Waals surface area contributed by atoms with Crippen LogP contribution in [-0.2, 0) is 28.8 Å². The van der Waals surface area contributed by atoms with E-state index in [0.29, 0.717) is 57.8 Å². The molecule has 0 saturated carbocycles. The van der Waals surface area contributed by atoms with Crippen LogP contribution >= 0.6 is 0 Å². The summed E-state index contributed by atoms with van der Waals surface area (Å²) in [4.78, 5) is 60.4. The molecule has 0 N–H and O–H groups in total. The Morgan fingerprint density at radius 2 is 0.605 bits per heavy atom. The van der Waals surface area contributed by atoms with Gasteiger partial charge in [-0.2, -0.15) is 0 Å². The van der Waals surface area contributed by atoms with Crippen molar-refractivity contribution in [2.24, 2.45) is 17.8 Å². The van der Waals surface area contributed by atoms with E-state index in [0.717, 1.165) is 0 Å². The van der Waals surface area contributed by atoms with Gasteiger partial charge in [-0.3, -0.25) is 0 Å². The first-order valence-corrected chi connectivity index (χ1v) is 11.8. The smallest absolute Gasteiger partial charge is 0.550 e. The van der Waals surface area contributed by atoms with Crippen LogP contribution in [0.5, 0.6) is 0 Å². The third-order valence-corrected chi connectivity index (χ3v) is 5.01. The summed E-state index contributed by atoms with van der Waals surface area (Å²) in [5.74, 6) is -7.98. The van der Waals surface area contributed by atoms with Crippen LogP contribution in [0.3, 0.4) is 0 Å². The molecule has 3 atom stereocenters. The van der Waals surface area contributed by atoms with Crippen molar-refractivity contribution < 1.29 is 59.4 Å². The summed E-state index contributed by atoms with van der Waals surface area (Å²) in [7, 11) is 0. The van der Waals surface area contributed by atoms with Crippen molar-refractivity contribution in [3.05, 3.63) is 0 Å². The summed E-state index contributed by atoms with van der Waals surface area (Å²) in [5.41, 5.74) is 0. The predicted octanol–water partition coefficient (Wildman–Crippen LogP) is -4.71. The Balaban J connectivity index is -0.000000140. The molecule has 0 aliphatic carbocycles. The van der Waals surface area contributed by atoms with E-state index in [1.165, 1.54) is 0 Å². The molecule has 0 amide bonds. The van der Waals surface area contributed by atoms with E-state index >= 15 is 0 Å². The third kappa shape index (κ3) is 39.1. The summed E-state index contributed by atoms with van der Waals surface area (Å²) in [6, 6.07) is 0. The van der Waals surface area contributed by atoms with Gasteiger partial charge in [0.2, 0.25) is 0 Å². The van der Waals surface area contributed by atoms with Gasteiger partial charge < -0.3 is 59.4 Å². The van der Waals surface area contributed by atoms with Crippen LogP contribution in [0.1, 0.15) is 97.8 Å². The minimum atomic E-state index is -1.09. The van der Waals surface area contributed by atoms with Gasteiger partial charge in [-0.15, -0.1) is 0 Å². The van der Waals surface area contributed by atoms with Crippen molar-refractivity contribution in [2.75, 3.05) is 0 Å². The number of carboxylic acid groups (broad SMARTS) is 6. The first-order valence-electron chi connectivity index (χ1n) is 11.8. The molecule has 0 fully saturated rings. The number of carbonyl (C=O) groups is 6. The fourth-order valence-corrected chi connectivity index (χ4v) is 2.51. The zero-order valence-electron chi connectivity index (χ0n) is 22.0. The van der Waals surface area contributed by atoms with Gasteiger partial charge in [-0.25, -0.2) is 0 Å². The SMILES string of the molecule is CC(CCCCC(=O)[O-])C(=O)[O-].CC(CCCCC(=O)[O-])C(=O)[O-].CC(CCCCC(=O)[O-])C(=O)[O-].[Bi+3].[Bi+3]. The molecule has 0 bridgehead atoms. The topological polar surface area (TPSA) is 241 Å². The van der Waals surface area contributed by atoms with Crippen LogP contribution in [0.15, 0.2) is 0 Å². The zero-order valence-corrected chi connectivity index (χ0v) is 29.0. The molecule has 0 aliphatic heterocycles. The molecule has 0 saturated heterocycles. The van der Waals surface area contributed by atoms with E-state index in [2.05, 4.69) is 0 Å². The zero-order chi connectivity index (χ0) is 28.7. The second-order valence-electron chi connectivity index (χ2n) is 8.51. The van der Waals surface area contributed by atoms with Gasteiger partial charge in [0.15, 0.2) is 0 Å². The van der Waals surface area contributed by atoms with Gasteiger partial charge in [0.25, 0.3) is 0 Å². The van der Waals surface area contributed by atoms with Crippen LogP contribution in [0.25, 0.3) is 0 Å². The third-order valence-electron chi connectivity index (χ3n) is 5.01. The van der Waals surface area contributed by atoms with Gasteiger partial charge in [0, 0.05) is 35.8 Å². The number of carboxylic acids is 6. The fraction of sp³-hybridized carbons (Fsp3) is 0.750. The van der Waals surface area contributed by atoms with Crippen LogP contribution < -0.4 is 30.6 Å². The largest absolute Gasteiger partial charge is 3.00 e. The first-order chi connectivity index (χ1) is 16.6. The molecular weight excluding hydrogens is 898 g/mol. The summed E-state index contributed by atoms with van der Waals surface area (Å²) in [6.45, 7) is 4.65. The van der Waals surface area contributed by atoms with Gasteiger partial charge in [0.05, 0.1) is 0 Å². The second-order valence-corrected chi connectivity index (χ2v) is 8.51. The molecule has 4 radical (unpaired) electrons. The van der Waals surface area contributed by atoms with Gasteiger partial charge in [-0.05, 0) is 75.5 Å². The number of unbranched alkanes of at least 4 members (excludes halogenated alkanes) is 3. The van der Waals surface area contributed by atoms with Crippen LogP contribution in [0.4, 0.5) is 0 Å². The van der Waals surface area contributed by atoms with E-state index in [9.17, 15) is 59.4 Å². The van der Waals surface area contributed by atoms with Crippen LogP contribution in [-0.4, -0.2) is 88.2 Å². The number of aliphatic carboxylic acids is 6. The van der Waals surface area contributed by atoms with Crippen molar-refractivity contribution in [2.45, 2.75) is 97.8 Å². The first kappa shape index (κ1) is 46.4. The Hall–Kier alpha value is -1.41. The Morgan fingerprint density at radius 1 is 0.421 bits per heavy atom. The van der Waals surface area contributed by atoms with Crippen LogP contribution in [0, 0.1) is 17.8 Å². The van der Waals surface area contributed by atoms with E-state index < -0.39 is 53.6 Å². The average Bonchev–Trinajstić information content (AvgIpc) is 2.76. The van der Waals surface area contributed by atoms with E-state index in [-0.39, 0.29) is 71.7 Å². The normalized spacial score (nSPS) is 11.8. The molecule has 12 nitrogen and oxygen atoms in total. The second kappa shape index (κ2) is 30.1. The molecule has 0 rings (SSSR count). The minimum absolute atomic E-state index is 0. The van der Waals surface area contributed by atoms with Crippen molar-refractivity contribution in [3.63, 3.8) is 0 Å². The molecule has 0 heterocycles. The maximum Gasteiger partial charge on any atom is 3.00 e. The molecule has 0 spiro atoms. The molecule has 0 aromatic rings. The molecule has 214 valence electrons. The molecule has 3 unspecified atom stereocenters. The Morgan fingerprint density at radius 3 is 0.737 bits per heavy atom. The molecule has 0 aromatic carbocycles. The number of rotatable bonds is 18. The molecular formula is C24H36Bi2O12. The maximum atomic E-state index is 10.2. The van der Waals surface area contributed by atoms with E-state index in [1.807, 2.05) is 0 Å². The summed E-state index contributed by atoms with van der Waals surface area (Å²) >= 11 is 0.